The van der Waals surface area contributed by atoms with Crippen molar-refractivity contribution < 1.29 is 14.2 Å². The Kier molecular flexibility index (Phi) is 13.5. The number of likely N-dealkylation sites (N-methyl/N-ethyl adjacent to an activating group) is 2. The van der Waals surface area contributed by atoms with Crippen LogP contribution in [0.3, 0.4) is 0 Å². The van der Waals surface area contributed by atoms with E-state index < -0.39 is 0 Å². The summed E-state index contributed by atoms with van der Waals surface area (Å²) >= 11 is 2.44. The van der Waals surface area contributed by atoms with E-state index in [1.807, 2.05) is 0 Å². The molecule has 0 saturated heterocycles. The van der Waals surface area contributed by atoms with Gasteiger partial charge >= 0.3 is 0 Å². The minimum absolute atomic E-state index is 0.512. The molecule has 0 N–H and O–H groups in total. The van der Waals surface area contributed by atoms with Crippen LogP contribution in [0.25, 0.3) is 11.1 Å². The molecule has 2 aromatic rings. The Labute approximate surface area is 230 Å². The molecule has 2 aliphatic rings. The van der Waals surface area contributed by atoms with Crippen LogP contribution >= 0.6 is 23.5 Å². The summed E-state index contributed by atoms with van der Waals surface area (Å²) in [6.07, 6.45) is 12.9. The predicted molar refractivity (Wildman–Crippen MR) is 152 cm³/mol. The van der Waals surface area contributed by atoms with E-state index in [0.717, 1.165) is 69.3 Å². The van der Waals surface area contributed by atoms with Gasteiger partial charge in [0.15, 0.2) is 0 Å². The molecule has 2 aromatic heterocycles. The monoisotopic (exact) mass is 550 g/mol. The van der Waals surface area contributed by atoms with Gasteiger partial charge in [-0.1, -0.05) is 44.8 Å². The topological polar surface area (TPSA) is 85.7 Å². The first-order chi connectivity index (χ1) is 18.1. The zero-order valence-electron chi connectivity index (χ0n) is 22.8. The molecule has 0 bridgehead atoms. The first kappa shape index (κ1) is 29.6. The van der Waals surface area contributed by atoms with Crippen LogP contribution in [0.2, 0.25) is 0 Å². The van der Waals surface area contributed by atoms with E-state index in [1.54, 1.807) is 7.11 Å². The van der Waals surface area contributed by atoms with Gasteiger partial charge in [0.05, 0.1) is 36.7 Å². The van der Waals surface area contributed by atoms with E-state index in [0.29, 0.717) is 19.1 Å². The van der Waals surface area contributed by atoms with Crippen molar-refractivity contribution in [2.45, 2.75) is 51.9 Å². The Morgan fingerprint density at radius 1 is 0.730 bits per heavy atom. The van der Waals surface area contributed by atoms with Crippen LogP contribution in [-0.2, 0) is 4.74 Å². The van der Waals surface area contributed by atoms with Gasteiger partial charge in [-0.3, -0.25) is 0 Å². The second-order valence-electron chi connectivity index (χ2n) is 9.45. The zero-order chi connectivity index (χ0) is 26.3. The highest BCUT2D eigenvalue weighted by Gasteiger charge is 2.19. The highest BCUT2D eigenvalue weighted by molar-refractivity contribution is 6.99. The summed E-state index contributed by atoms with van der Waals surface area (Å²) in [5.41, 5.74) is 4.31. The average molecular weight is 551 g/mol. The summed E-state index contributed by atoms with van der Waals surface area (Å²) in [4.78, 5) is 4.58. The van der Waals surface area contributed by atoms with Crippen molar-refractivity contribution in [2.24, 2.45) is 0 Å². The fourth-order valence-electron chi connectivity index (χ4n) is 4.17. The van der Waals surface area contributed by atoms with Gasteiger partial charge in [-0.2, -0.15) is 8.75 Å². The molecule has 4 heterocycles. The lowest BCUT2D eigenvalue weighted by atomic mass is 10.1. The molecule has 0 aliphatic carbocycles. The molecule has 0 radical (unpaired) electrons. The fourth-order valence-corrected chi connectivity index (χ4v) is 5.23. The standard InChI is InChI=1S/C15H25N3OS.C11H17N3O2S/c1-3-4-5-6-7-11-19-15-14(16-20-17-15)13-9-8-10-18(2)12-13;1-14-5-3-4-9(8-14)10-11(13-17-12-10)16-7-6-15-2/h9H,3-8,10-12H2,1-2H3;4H,3,5-8H2,1-2H3. The molecular weight excluding hydrogens is 508 g/mol. The largest absolute Gasteiger partial charge is 0.475 e. The van der Waals surface area contributed by atoms with Gasteiger partial charge in [0.1, 0.15) is 18.0 Å². The number of nitrogens with zero attached hydrogens (tertiary/aromatic N) is 6. The normalized spacial score (nSPS) is 16.5. The summed E-state index contributed by atoms with van der Waals surface area (Å²) in [5, 5.41) is 0. The molecule has 37 heavy (non-hydrogen) atoms. The van der Waals surface area contributed by atoms with Crippen LogP contribution in [-0.4, -0.2) is 94.5 Å². The van der Waals surface area contributed by atoms with Crippen molar-refractivity contribution in [3.63, 3.8) is 0 Å². The Morgan fingerprint density at radius 3 is 1.78 bits per heavy atom. The van der Waals surface area contributed by atoms with Gasteiger partial charge in [-0.25, -0.2) is 0 Å². The number of unbranched alkanes of at least 4 members (excludes halogenated alkanes) is 4. The van der Waals surface area contributed by atoms with Gasteiger partial charge in [0, 0.05) is 33.3 Å². The van der Waals surface area contributed by atoms with Crippen molar-refractivity contribution in [1.29, 1.82) is 0 Å². The van der Waals surface area contributed by atoms with Crippen LogP contribution < -0.4 is 9.47 Å². The number of aromatic nitrogens is 4. The minimum atomic E-state index is 0.512. The molecule has 0 saturated carbocycles. The van der Waals surface area contributed by atoms with E-state index >= 15 is 0 Å². The maximum absolute atomic E-state index is 5.82. The van der Waals surface area contributed by atoms with Gasteiger partial charge in [0.25, 0.3) is 11.8 Å². The van der Waals surface area contributed by atoms with E-state index in [9.17, 15) is 0 Å². The van der Waals surface area contributed by atoms with Crippen LogP contribution in [0.1, 0.15) is 63.3 Å². The molecule has 2 aliphatic heterocycles. The Hall–Kier alpha value is -1.92. The lowest BCUT2D eigenvalue weighted by Gasteiger charge is -2.22. The highest BCUT2D eigenvalue weighted by Crippen LogP contribution is 2.28. The summed E-state index contributed by atoms with van der Waals surface area (Å²) in [7, 11) is 5.90. The van der Waals surface area contributed by atoms with Gasteiger partial charge in [-0.15, -0.1) is 8.75 Å². The molecule has 0 amide bonds. The third kappa shape index (κ3) is 10.0. The third-order valence-corrected chi connectivity index (χ3v) is 7.25. The third-order valence-electron chi connectivity index (χ3n) is 6.22. The maximum Gasteiger partial charge on any atom is 0.253 e. The molecular formula is C26H42N6O3S2. The quantitative estimate of drug-likeness (QED) is 0.324. The maximum atomic E-state index is 5.82. The lowest BCUT2D eigenvalue weighted by Crippen LogP contribution is -2.25. The first-order valence-electron chi connectivity index (χ1n) is 13.3. The van der Waals surface area contributed by atoms with E-state index in [1.165, 1.54) is 60.3 Å². The van der Waals surface area contributed by atoms with Crippen molar-refractivity contribution >= 4 is 34.6 Å². The first-order valence-corrected chi connectivity index (χ1v) is 14.7. The smallest absolute Gasteiger partial charge is 0.253 e. The van der Waals surface area contributed by atoms with Crippen LogP contribution in [0, 0.1) is 0 Å². The van der Waals surface area contributed by atoms with Gasteiger partial charge < -0.3 is 24.0 Å². The SMILES string of the molecule is CCCCCCCOc1nsnc1C1=CCCN(C)C1.COCCOc1nsnc1C1=CCCN(C)C1. The van der Waals surface area contributed by atoms with Crippen LogP contribution in [0.4, 0.5) is 0 Å². The Balaban J connectivity index is 0.000000208. The molecule has 4 rings (SSSR count). The number of rotatable bonds is 13. The Morgan fingerprint density at radius 2 is 1.27 bits per heavy atom. The van der Waals surface area contributed by atoms with E-state index in [-0.39, 0.29) is 0 Å². The van der Waals surface area contributed by atoms with Crippen molar-refractivity contribution in [1.82, 2.24) is 27.3 Å². The summed E-state index contributed by atoms with van der Waals surface area (Å²) < 4.78 is 33.5. The molecule has 0 spiro atoms. The van der Waals surface area contributed by atoms with Crippen LogP contribution in [0.5, 0.6) is 11.8 Å². The number of hydrogen-bond donors (Lipinski definition) is 0. The molecule has 0 aromatic carbocycles. The van der Waals surface area contributed by atoms with Crippen molar-refractivity contribution in [2.75, 3.05) is 67.2 Å². The number of methoxy groups -OCH3 is 1. The number of hydrogen-bond acceptors (Lipinski definition) is 11. The molecule has 0 unspecified atom stereocenters. The molecule has 206 valence electrons. The molecule has 9 nitrogen and oxygen atoms in total. The average Bonchev–Trinajstić information content (AvgIpc) is 3.57. The second-order valence-corrected chi connectivity index (χ2v) is 10.5. The molecule has 0 fully saturated rings. The summed E-state index contributed by atoms with van der Waals surface area (Å²) in [5.74, 6) is 1.36. The van der Waals surface area contributed by atoms with Crippen molar-refractivity contribution in [3.05, 3.63) is 23.5 Å². The fraction of sp³-hybridized carbons (Fsp3) is 0.692. The Bertz CT molecular complexity index is 977. The van der Waals surface area contributed by atoms with Crippen LogP contribution in [0.15, 0.2) is 12.2 Å². The highest BCUT2D eigenvalue weighted by atomic mass is 32.1. The second kappa shape index (κ2) is 16.8. The number of ether oxygens (including phenoxy) is 3. The summed E-state index contributed by atoms with van der Waals surface area (Å²) in [6, 6.07) is 0. The molecule has 11 heteroatoms. The van der Waals surface area contributed by atoms with E-state index in [4.69, 9.17) is 14.2 Å². The predicted octanol–water partition coefficient (Wildman–Crippen LogP) is 4.89. The molecule has 0 atom stereocenters. The minimum Gasteiger partial charge on any atom is -0.475 e. The van der Waals surface area contributed by atoms with E-state index in [2.05, 4.69) is 60.5 Å². The van der Waals surface area contributed by atoms with Crippen molar-refractivity contribution in [3.8, 4) is 11.8 Å². The van der Waals surface area contributed by atoms with Gasteiger partial charge in [-0.05, 0) is 44.5 Å². The lowest BCUT2D eigenvalue weighted by molar-refractivity contribution is 0.144. The summed E-state index contributed by atoms with van der Waals surface area (Å²) in [6.45, 7) is 8.14. The zero-order valence-corrected chi connectivity index (χ0v) is 24.4. The van der Waals surface area contributed by atoms with Gasteiger partial charge in [0.2, 0.25) is 0 Å².